The molecule has 0 aliphatic rings. The molecule has 0 saturated heterocycles. The predicted octanol–water partition coefficient (Wildman–Crippen LogP) is 3.77. The second kappa shape index (κ2) is 8.44. The number of methoxy groups -OCH3 is 1. The zero-order valence-corrected chi connectivity index (χ0v) is 13.4. The number of nitrogens with two attached hydrogens (primary N) is 1. The topological polar surface area (TPSA) is 44.5 Å². The number of ether oxygens (including phenoxy) is 2. The molecule has 0 bridgehead atoms. The summed E-state index contributed by atoms with van der Waals surface area (Å²) in [5, 5.41) is 0. The summed E-state index contributed by atoms with van der Waals surface area (Å²) in [6.45, 7) is 3.45. The smallest absolute Gasteiger partial charge is 0.122 e. The molecule has 3 heteroatoms. The second-order valence-electron chi connectivity index (χ2n) is 5.37. The SMILES string of the molecule is CCCOc1ccc(CC(CN)c2ccccc2OC)cc1. The molecule has 2 aromatic rings. The van der Waals surface area contributed by atoms with Gasteiger partial charge in [0.05, 0.1) is 13.7 Å². The number of para-hydroxylation sites is 1. The van der Waals surface area contributed by atoms with E-state index in [9.17, 15) is 0 Å². The van der Waals surface area contributed by atoms with Crippen LogP contribution in [0.5, 0.6) is 11.5 Å². The van der Waals surface area contributed by atoms with E-state index in [1.807, 2.05) is 30.3 Å². The largest absolute Gasteiger partial charge is 0.496 e. The molecule has 0 amide bonds. The van der Waals surface area contributed by atoms with Gasteiger partial charge in [-0.3, -0.25) is 0 Å². The van der Waals surface area contributed by atoms with Gasteiger partial charge in [0.15, 0.2) is 0 Å². The van der Waals surface area contributed by atoms with Crippen LogP contribution < -0.4 is 15.2 Å². The molecular formula is C19H25NO2. The predicted molar refractivity (Wildman–Crippen MR) is 90.7 cm³/mol. The molecule has 2 aromatic carbocycles. The van der Waals surface area contributed by atoms with Crippen LogP contribution in [0.25, 0.3) is 0 Å². The lowest BCUT2D eigenvalue weighted by molar-refractivity contribution is 0.317. The molecule has 0 saturated carbocycles. The molecule has 2 N–H and O–H groups in total. The molecule has 3 nitrogen and oxygen atoms in total. The zero-order chi connectivity index (χ0) is 15.8. The van der Waals surface area contributed by atoms with Gasteiger partial charge in [0.2, 0.25) is 0 Å². The van der Waals surface area contributed by atoms with Gasteiger partial charge in [-0.15, -0.1) is 0 Å². The third-order valence-corrected chi connectivity index (χ3v) is 3.74. The van der Waals surface area contributed by atoms with E-state index in [1.54, 1.807) is 7.11 Å². The maximum atomic E-state index is 5.99. The van der Waals surface area contributed by atoms with Crippen molar-refractivity contribution < 1.29 is 9.47 Å². The number of rotatable bonds is 8. The highest BCUT2D eigenvalue weighted by atomic mass is 16.5. The highest BCUT2D eigenvalue weighted by Gasteiger charge is 2.15. The summed E-state index contributed by atoms with van der Waals surface area (Å²) in [6.07, 6.45) is 1.91. The fourth-order valence-corrected chi connectivity index (χ4v) is 2.55. The maximum absolute atomic E-state index is 5.99. The molecule has 118 valence electrons. The van der Waals surface area contributed by atoms with Gasteiger partial charge < -0.3 is 15.2 Å². The van der Waals surface area contributed by atoms with E-state index in [1.165, 1.54) is 11.1 Å². The second-order valence-corrected chi connectivity index (χ2v) is 5.37. The quantitative estimate of drug-likeness (QED) is 0.807. The van der Waals surface area contributed by atoms with Crippen molar-refractivity contribution in [1.29, 1.82) is 0 Å². The normalized spacial score (nSPS) is 12.0. The molecule has 22 heavy (non-hydrogen) atoms. The van der Waals surface area contributed by atoms with Gasteiger partial charge in [0.25, 0.3) is 0 Å². The fourth-order valence-electron chi connectivity index (χ4n) is 2.55. The molecule has 0 fully saturated rings. The minimum absolute atomic E-state index is 0.249. The first-order valence-corrected chi connectivity index (χ1v) is 7.83. The van der Waals surface area contributed by atoms with E-state index in [2.05, 4.69) is 25.1 Å². The average Bonchev–Trinajstić information content (AvgIpc) is 2.59. The third-order valence-electron chi connectivity index (χ3n) is 3.74. The summed E-state index contributed by atoms with van der Waals surface area (Å²) in [5.74, 6) is 2.08. The lowest BCUT2D eigenvalue weighted by Gasteiger charge is -2.18. The van der Waals surface area contributed by atoms with E-state index in [4.69, 9.17) is 15.2 Å². The summed E-state index contributed by atoms with van der Waals surface area (Å²) in [4.78, 5) is 0. The maximum Gasteiger partial charge on any atom is 0.122 e. The summed E-state index contributed by atoms with van der Waals surface area (Å²) in [6, 6.07) is 16.4. The summed E-state index contributed by atoms with van der Waals surface area (Å²) in [5.41, 5.74) is 8.41. The van der Waals surface area contributed by atoms with Gasteiger partial charge >= 0.3 is 0 Å². The molecular weight excluding hydrogens is 274 g/mol. The van der Waals surface area contributed by atoms with E-state index >= 15 is 0 Å². The van der Waals surface area contributed by atoms with E-state index in [0.717, 1.165) is 30.9 Å². The first-order chi connectivity index (χ1) is 10.8. The Labute approximate surface area is 133 Å². The van der Waals surface area contributed by atoms with Crippen LogP contribution in [-0.2, 0) is 6.42 Å². The summed E-state index contributed by atoms with van der Waals surface area (Å²) < 4.78 is 11.1. The van der Waals surface area contributed by atoms with E-state index < -0.39 is 0 Å². The lowest BCUT2D eigenvalue weighted by Crippen LogP contribution is -2.16. The van der Waals surface area contributed by atoms with Crippen molar-refractivity contribution in [2.75, 3.05) is 20.3 Å². The molecule has 0 radical (unpaired) electrons. The minimum Gasteiger partial charge on any atom is -0.496 e. The monoisotopic (exact) mass is 299 g/mol. The molecule has 0 aliphatic heterocycles. The molecule has 0 spiro atoms. The van der Waals surface area contributed by atoms with Crippen molar-refractivity contribution in [3.8, 4) is 11.5 Å². The van der Waals surface area contributed by atoms with Gasteiger partial charge in [-0.25, -0.2) is 0 Å². The number of benzene rings is 2. The first-order valence-electron chi connectivity index (χ1n) is 7.83. The van der Waals surface area contributed by atoms with E-state index in [-0.39, 0.29) is 5.92 Å². The van der Waals surface area contributed by atoms with Crippen LogP contribution in [0.4, 0.5) is 0 Å². The van der Waals surface area contributed by atoms with Gasteiger partial charge in [-0.2, -0.15) is 0 Å². The Morgan fingerprint density at radius 3 is 2.41 bits per heavy atom. The molecule has 1 unspecified atom stereocenters. The summed E-state index contributed by atoms with van der Waals surface area (Å²) in [7, 11) is 1.70. The van der Waals surface area contributed by atoms with Crippen LogP contribution in [0.15, 0.2) is 48.5 Å². The van der Waals surface area contributed by atoms with Crippen molar-refractivity contribution in [3.63, 3.8) is 0 Å². The van der Waals surface area contributed by atoms with Gasteiger partial charge in [0, 0.05) is 5.92 Å². The Kier molecular flexibility index (Phi) is 6.28. The van der Waals surface area contributed by atoms with Gasteiger partial charge in [-0.1, -0.05) is 37.3 Å². The van der Waals surface area contributed by atoms with Crippen molar-refractivity contribution >= 4 is 0 Å². The Morgan fingerprint density at radius 1 is 1.05 bits per heavy atom. The van der Waals surface area contributed by atoms with Crippen LogP contribution in [0, 0.1) is 0 Å². The molecule has 0 heterocycles. The third kappa shape index (κ3) is 4.25. The zero-order valence-electron chi connectivity index (χ0n) is 13.4. The Balaban J connectivity index is 2.09. The fraction of sp³-hybridized carbons (Fsp3) is 0.368. The molecule has 2 rings (SSSR count). The van der Waals surface area contributed by atoms with Gasteiger partial charge in [0.1, 0.15) is 11.5 Å². The Hall–Kier alpha value is -2.00. The standard InChI is InChI=1S/C19H25NO2/c1-3-12-22-17-10-8-15(9-11-17)13-16(14-20)18-6-4-5-7-19(18)21-2/h4-11,16H,3,12-14,20H2,1-2H3. The van der Waals surface area contributed by atoms with Crippen molar-refractivity contribution in [1.82, 2.24) is 0 Å². The van der Waals surface area contributed by atoms with Crippen LogP contribution >= 0.6 is 0 Å². The first kappa shape index (κ1) is 16.4. The van der Waals surface area contributed by atoms with Crippen LogP contribution in [0.2, 0.25) is 0 Å². The number of hydrogen-bond donors (Lipinski definition) is 1. The highest BCUT2D eigenvalue weighted by Crippen LogP contribution is 2.29. The Bertz CT molecular complexity index is 566. The van der Waals surface area contributed by atoms with E-state index in [0.29, 0.717) is 6.54 Å². The molecule has 0 aromatic heterocycles. The van der Waals surface area contributed by atoms with Crippen LogP contribution in [0.3, 0.4) is 0 Å². The van der Waals surface area contributed by atoms with Gasteiger partial charge in [-0.05, 0) is 48.7 Å². The highest BCUT2D eigenvalue weighted by molar-refractivity contribution is 5.38. The van der Waals surface area contributed by atoms with Crippen molar-refractivity contribution in [2.45, 2.75) is 25.7 Å². The average molecular weight is 299 g/mol. The lowest BCUT2D eigenvalue weighted by atomic mass is 9.91. The Morgan fingerprint density at radius 2 is 1.77 bits per heavy atom. The number of hydrogen-bond acceptors (Lipinski definition) is 3. The molecule has 0 aliphatic carbocycles. The summed E-state index contributed by atoms with van der Waals surface area (Å²) >= 11 is 0. The van der Waals surface area contributed by atoms with Crippen molar-refractivity contribution in [3.05, 3.63) is 59.7 Å². The van der Waals surface area contributed by atoms with Crippen molar-refractivity contribution in [2.24, 2.45) is 5.73 Å². The minimum atomic E-state index is 0.249. The van der Waals surface area contributed by atoms with Crippen LogP contribution in [-0.4, -0.2) is 20.3 Å². The van der Waals surface area contributed by atoms with Crippen LogP contribution in [0.1, 0.15) is 30.4 Å². The molecule has 1 atom stereocenters.